The van der Waals surface area contributed by atoms with Crippen molar-refractivity contribution < 1.29 is 13.6 Å². The van der Waals surface area contributed by atoms with Crippen LogP contribution in [-0.4, -0.2) is 16.9 Å². The van der Waals surface area contributed by atoms with Crippen LogP contribution in [-0.2, 0) is 0 Å². The van der Waals surface area contributed by atoms with Crippen molar-refractivity contribution in [3.05, 3.63) is 53.7 Å². The summed E-state index contributed by atoms with van der Waals surface area (Å²) in [6.07, 6.45) is 1.47. The molecular weight excluding hydrogens is 276 g/mol. The lowest BCUT2D eigenvalue weighted by Crippen LogP contribution is -2.15. The van der Waals surface area contributed by atoms with E-state index in [9.17, 15) is 13.6 Å². The van der Waals surface area contributed by atoms with Gasteiger partial charge < -0.3 is 10.6 Å². The Labute approximate surface area is 121 Å². The van der Waals surface area contributed by atoms with Gasteiger partial charge in [0.15, 0.2) is 0 Å². The van der Waals surface area contributed by atoms with E-state index in [1.165, 1.54) is 12.3 Å². The normalized spacial score (nSPS) is 10.5. The molecule has 0 bridgehead atoms. The number of hydrogen-bond acceptors (Lipinski definition) is 3. The maximum atomic E-state index is 13.5. The van der Waals surface area contributed by atoms with Gasteiger partial charge in [-0.25, -0.2) is 13.8 Å². The molecule has 0 spiro atoms. The second-order valence-electron chi connectivity index (χ2n) is 4.81. The fourth-order valence-corrected chi connectivity index (χ4v) is 1.73. The van der Waals surface area contributed by atoms with Gasteiger partial charge in [-0.3, -0.25) is 4.79 Å². The summed E-state index contributed by atoms with van der Waals surface area (Å²) in [5.41, 5.74) is 0.104. The summed E-state index contributed by atoms with van der Waals surface area (Å²) in [6, 6.07) is 6.09. The van der Waals surface area contributed by atoms with Crippen LogP contribution in [0.15, 0.2) is 36.5 Å². The van der Waals surface area contributed by atoms with Crippen LogP contribution in [0.1, 0.15) is 24.2 Å². The van der Waals surface area contributed by atoms with E-state index in [4.69, 9.17) is 0 Å². The number of halogens is 2. The zero-order valence-corrected chi connectivity index (χ0v) is 11.7. The first-order valence-electron chi connectivity index (χ1n) is 6.44. The molecule has 110 valence electrons. The molecule has 1 aromatic carbocycles. The molecule has 0 saturated heterocycles. The first-order valence-corrected chi connectivity index (χ1v) is 6.44. The summed E-state index contributed by atoms with van der Waals surface area (Å²) >= 11 is 0. The SMILES string of the molecule is CC(C)Nc1cc(C(=O)Nc2cc(F)ccc2F)ccn1. The molecule has 1 heterocycles. The van der Waals surface area contributed by atoms with E-state index in [0.717, 1.165) is 18.2 Å². The Bertz CT molecular complexity index is 659. The lowest BCUT2D eigenvalue weighted by molar-refractivity contribution is 0.102. The Kier molecular flexibility index (Phi) is 4.47. The zero-order valence-electron chi connectivity index (χ0n) is 11.7. The Morgan fingerprint density at radius 1 is 1.19 bits per heavy atom. The Hall–Kier alpha value is -2.50. The molecule has 0 unspecified atom stereocenters. The molecular formula is C15H15F2N3O. The summed E-state index contributed by atoms with van der Waals surface area (Å²) in [4.78, 5) is 16.1. The van der Waals surface area contributed by atoms with Crippen LogP contribution in [0, 0.1) is 11.6 Å². The van der Waals surface area contributed by atoms with E-state index in [0.29, 0.717) is 11.4 Å². The van der Waals surface area contributed by atoms with E-state index < -0.39 is 17.5 Å². The van der Waals surface area contributed by atoms with Gasteiger partial charge in [0.05, 0.1) is 5.69 Å². The third kappa shape index (κ3) is 3.98. The first-order chi connectivity index (χ1) is 9.95. The van der Waals surface area contributed by atoms with E-state index in [-0.39, 0.29) is 11.7 Å². The van der Waals surface area contributed by atoms with Crippen molar-refractivity contribution in [2.45, 2.75) is 19.9 Å². The topological polar surface area (TPSA) is 54.0 Å². The predicted octanol–water partition coefficient (Wildman–Crippen LogP) is 3.43. The van der Waals surface area contributed by atoms with Crippen LogP contribution in [0.3, 0.4) is 0 Å². The number of rotatable bonds is 4. The Morgan fingerprint density at radius 3 is 2.67 bits per heavy atom. The second kappa shape index (κ2) is 6.30. The maximum absolute atomic E-state index is 13.5. The highest BCUT2D eigenvalue weighted by molar-refractivity contribution is 6.04. The summed E-state index contributed by atoms with van der Waals surface area (Å²) in [5, 5.41) is 5.40. The van der Waals surface area contributed by atoms with Crippen LogP contribution in [0.4, 0.5) is 20.3 Å². The minimum Gasteiger partial charge on any atom is -0.368 e. The van der Waals surface area contributed by atoms with Gasteiger partial charge in [-0.1, -0.05) is 0 Å². The van der Waals surface area contributed by atoms with E-state index in [1.54, 1.807) is 6.07 Å². The lowest BCUT2D eigenvalue weighted by Gasteiger charge is -2.10. The molecule has 0 saturated carbocycles. The molecule has 0 atom stereocenters. The van der Waals surface area contributed by atoms with E-state index in [2.05, 4.69) is 15.6 Å². The third-order valence-corrected chi connectivity index (χ3v) is 2.64. The monoisotopic (exact) mass is 291 g/mol. The minimum atomic E-state index is -0.695. The van der Waals surface area contributed by atoms with E-state index in [1.807, 2.05) is 13.8 Å². The summed E-state index contributed by atoms with van der Waals surface area (Å²) in [7, 11) is 0. The molecule has 6 heteroatoms. The van der Waals surface area contributed by atoms with Gasteiger partial charge >= 0.3 is 0 Å². The number of aromatic nitrogens is 1. The van der Waals surface area contributed by atoms with Crippen molar-refractivity contribution in [3.63, 3.8) is 0 Å². The van der Waals surface area contributed by atoms with Gasteiger partial charge in [-0.15, -0.1) is 0 Å². The molecule has 2 aromatic rings. The first kappa shape index (κ1) is 14.9. The number of pyridine rings is 1. The van der Waals surface area contributed by atoms with Crippen LogP contribution >= 0.6 is 0 Å². The average molecular weight is 291 g/mol. The molecule has 0 aliphatic rings. The highest BCUT2D eigenvalue weighted by Gasteiger charge is 2.11. The molecule has 0 aliphatic carbocycles. The van der Waals surface area contributed by atoms with Crippen molar-refractivity contribution in [3.8, 4) is 0 Å². The summed E-state index contributed by atoms with van der Waals surface area (Å²) in [5.74, 6) is -1.31. The molecule has 0 radical (unpaired) electrons. The highest BCUT2D eigenvalue weighted by atomic mass is 19.1. The summed E-state index contributed by atoms with van der Waals surface area (Å²) < 4.78 is 26.6. The molecule has 4 nitrogen and oxygen atoms in total. The number of anilines is 2. The molecule has 21 heavy (non-hydrogen) atoms. The van der Waals surface area contributed by atoms with Crippen molar-refractivity contribution in [2.75, 3.05) is 10.6 Å². The van der Waals surface area contributed by atoms with Gasteiger partial charge in [0, 0.05) is 23.9 Å². The number of hydrogen-bond donors (Lipinski definition) is 2. The Morgan fingerprint density at radius 2 is 1.95 bits per heavy atom. The van der Waals surface area contributed by atoms with Gasteiger partial charge in [-0.05, 0) is 38.1 Å². The molecule has 1 aromatic heterocycles. The van der Waals surface area contributed by atoms with Crippen LogP contribution < -0.4 is 10.6 Å². The van der Waals surface area contributed by atoms with Crippen molar-refractivity contribution in [1.82, 2.24) is 4.98 Å². The van der Waals surface area contributed by atoms with Crippen LogP contribution in [0.2, 0.25) is 0 Å². The number of carbonyl (C=O) groups is 1. The molecule has 0 fully saturated rings. The second-order valence-corrected chi connectivity index (χ2v) is 4.81. The molecule has 2 rings (SSSR count). The highest BCUT2D eigenvalue weighted by Crippen LogP contribution is 2.17. The van der Waals surface area contributed by atoms with Gasteiger partial charge in [0.2, 0.25) is 0 Å². The smallest absolute Gasteiger partial charge is 0.255 e. The third-order valence-electron chi connectivity index (χ3n) is 2.64. The fourth-order valence-electron chi connectivity index (χ4n) is 1.73. The number of amides is 1. The van der Waals surface area contributed by atoms with Crippen molar-refractivity contribution in [2.24, 2.45) is 0 Å². The van der Waals surface area contributed by atoms with Crippen LogP contribution in [0.5, 0.6) is 0 Å². The fraction of sp³-hybridized carbons (Fsp3) is 0.200. The lowest BCUT2D eigenvalue weighted by atomic mass is 10.2. The van der Waals surface area contributed by atoms with Gasteiger partial charge in [-0.2, -0.15) is 0 Å². The number of benzene rings is 1. The average Bonchev–Trinajstić information content (AvgIpc) is 2.42. The van der Waals surface area contributed by atoms with Gasteiger partial charge in [0.25, 0.3) is 5.91 Å². The molecule has 0 aliphatic heterocycles. The standard InChI is InChI=1S/C15H15F2N3O/c1-9(2)19-14-7-10(5-6-18-14)15(21)20-13-8-11(16)3-4-12(13)17/h3-9H,1-2H3,(H,18,19)(H,20,21). The summed E-state index contributed by atoms with van der Waals surface area (Å²) in [6.45, 7) is 3.88. The van der Waals surface area contributed by atoms with Crippen LogP contribution in [0.25, 0.3) is 0 Å². The molecule has 2 N–H and O–H groups in total. The zero-order chi connectivity index (χ0) is 15.4. The number of nitrogens with zero attached hydrogens (tertiary/aromatic N) is 1. The molecule has 1 amide bonds. The van der Waals surface area contributed by atoms with Crippen molar-refractivity contribution >= 4 is 17.4 Å². The van der Waals surface area contributed by atoms with E-state index >= 15 is 0 Å². The van der Waals surface area contributed by atoms with Gasteiger partial charge in [0.1, 0.15) is 17.5 Å². The maximum Gasteiger partial charge on any atom is 0.255 e. The quantitative estimate of drug-likeness (QED) is 0.907. The number of carbonyl (C=O) groups excluding carboxylic acids is 1. The number of nitrogens with one attached hydrogen (secondary N) is 2. The largest absolute Gasteiger partial charge is 0.368 e. The van der Waals surface area contributed by atoms with Crippen molar-refractivity contribution in [1.29, 1.82) is 0 Å². The minimum absolute atomic E-state index is 0.163. The predicted molar refractivity (Wildman–Crippen MR) is 77.3 cm³/mol. The Balaban J connectivity index is 2.18.